The minimum atomic E-state index is -0.318. The number of aryl methyl sites for hydroxylation is 1. The summed E-state index contributed by atoms with van der Waals surface area (Å²) in [5.74, 6) is 2.42. The molecule has 2 heterocycles. The molecule has 3 rings (SSSR count). The molecular formula is C23H34ClN3O3. The van der Waals surface area contributed by atoms with E-state index < -0.39 is 0 Å². The minimum absolute atomic E-state index is 0. The van der Waals surface area contributed by atoms with Crippen molar-refractivity contribution >= 4 is 18.9 Å². The minimum Gasteiger partial charge on any atom is -0.485 e. The van der Waals surface area contributed by atoms with Gasteiger partial charge in [0.15, 0.2) is 5.75 Å². The van der Waals surface area contributed by atoms with Crippen molar-refractivity contribution in [1.29, 1.82) is 0 Å². The first kappa shape index (κ1) is 25.9. The van der Waals surface area contributed by atoms with Gasteiger partial charge in [0.25, 0.3) is 6.47 Å². The standard InChI is InChI=1S/C18H23N3O.C5H10O2.ClH/c1-14-17(22-13-16-5-3-2-4-6-16)12-20-18(21-14)11-15-7-9-19-10-8-15;1-5(2,3)7-4-6;/h2-6,12,15,19H,7-11,13H2,1H3;4H,1-3H3;1H. The molecular weight excluding hydrogens is 402 g/mol. The molecule has 30 heavy (non-hydrogen) atoms. The van der Waals surface area contributed by atoms with Crippen LogP contribution in [-0.4, -0.2) is 35.1 Å². The maximum absolute atomic E-state index is 9.60. The van der Waals surface area contributed by atoms with E-state index in [2.05, 4.69) is 32.2 Å². The molecule has 0 bridgehead atoms. The van der Waals surface area contributed by atoms with Crippen molar-refractivity contribution in [1.82, 2.24) is 15.3 Å². The van der Waals surface area contributed by atoms with Gasteiger partial charge in [-0.3, -0.25) is 4.79 Å². The Kier molecular flexibility index (Phi) is 11.4. The van der Waals surface area contributed by atoms with E-state index in [-0.39, 0.29) is 18.0 Å². The molecule has 0 amide bonds. The average Bonchev–Trinajstić information content (AvgIpc) is 2.69. The quantitative estimate of drug-likeness (QED) is 0.682. The fraction of sp³-hybridized carbons (Fsp3) is 0.522. The normalized spacial score (nSPS) is 14.0. The summed E-state index contributed by atoms with van der Waals surface area (Å²) in [6.07, 6.45) is 5.23. The van der Waals surface area contributed by atoms with Gasteiger partial charge in [0.05, 0.1) is 11.9 Å². The van der Waals surface area contributed by atoms with Gasteiger partial charge < -0.3 is 14.8 Å². The van der Waals surface area contributed by atoms with Gasteiger partial charge in [-0.2, -0.15) is 0 Å². The highest BCUT2D eigenvalue weighted by molar-refractivity contribution is 5.85. The molecule has 1 N–H and O–H groups in total. The lowest BCUT2D eigenvalue weighted by Gasteiger charge is -2.21. The first-order valence-electron chi connectivity index (χ1n) is 10.2. The molecule has 1 aromatic carbocycles. The molecule has 0 atom stereocenters. The zero-order valence-corrected chi connectivity index (χ0v) is 19.2. The number of nitrogens with zero attached hydrogens (tertiary/aromatic N) is 2. The van der Waals surface area contributed by atoms with E-state index in [0.29, 0.717) is 19.0 Å². The first-order chi connectivity index (χ1) is 13.9. The summed E-state index contributed by atoms with van der Waals surface area (Å²) in [4.78, 5) is 18.7. The van der Waals surface area contributed by atoms with Gasteiger partial charge in [0, 0.05) is 6.42 Å². The van der Waals surface area contributed by atoms with Crippen molar-refractivity contribution in [3.63, 3.8) is 0 Å². The van der Waals surface area contributed by atoms with E-state index in [4.69, 9.17) is 4.74 Å². The average molecular weight is 436 g/mol. The number of carbonyl (C=O) groups is 1. The van der Waals surface area contributed by atoms with Crippen LogP contribution in [0.2, 0.25) is 0 Å². The fourth-order valence-electron chi connectivity index (χ4n) is 2.97. The molecule has 1 saturated heterocycles. The van der Waals surface area contributed by atoms with Crippen LogP contribution >= 0.6 is 12.4 Å². The number of hydrogen-bond donors (Lipinski definition) is 1. The number of ether oxygens (including phenoxy) is 2. The molecule has 166 valence electrons. The van der Waals surface area contributed by atoms with E-state index in [0.717, 1.165) is 42.3 Å². The second-order valence-electron chi connectivity index (χ2n) is 8.23. The van der Waals surface area contributed by atoms with Crippen molar-refractivity contribution in [2.45, 2.75) is 59.2 Å². The van der Waals surface area contributed by atoms with Gasteiger partial charge in [0.2, 0.25) is 0 Å². The molecule has 0 aliphatic carbocycles. The Morgan fingerprint density at radius 1 is 1.17 bits per heavy atom. The van der Waals surface area contributed by atoms with Crippen LogP contribution in [0.15, 0.2) is 36.5 Å². The predicted octanol–water partition coefficient (Wildman–Crippen LogP) is 4.29. The summed E-state index contributed by atoms with van der Waals surface area (Å²) >= 11 is 0. The Morgan fingerprint density at radius 2 is 1.83 bits per heavy atom. The monoisotopic (exact) mass is 435 g/mol. The van der Waals surface area contributed by atoms with Crippen LogP contribution in [-0.2, 0) is 22.6 Å². The summed E-state index contributed by atoms with van der Waals surface area (Å²) in [6.45, 7) is 10.7. The highest BCUT2D eigenvalue weighted by Crippen LogP contribution is 2.20. The molecule has 7 heteroatoms. The smallest absolute Gasteiger partial charge is 0.293 e. The van der Waals surface area contributed by atoms with Gasteiger partial charge in [-0.25, -0.2) is 9.97 Å². The van der Waals surface area contributed by atoms with Crippen molar-refractivity contribution in [2.24, 2.45) is 5.92 Å². The largest absolute Gasteiger partial charge is 0.485 e. The Morgan fingerprint density at radius 3 is 2.37 bits per heavy atom. The molecule has 0 spiro atoms. The third-order valence-corrected chi connectivity index (χ3v) is 4.55. The van der Waals surface area contributed by atoms with Gasteiger partial charge in [0.1, 0.15) is 18.0 Å². The summed E-state index contributed by atoms with van der Waals surface area (Å²) in [5, 5.41) is 3.39. The molecule has 2 aromatic rings. The molecule has 0 unspecified atom stereocenters. The Bertz CT molecular complexity index is 745. The molecule has 6 nitrogen and oxygen atoms in total. The Labute approximate surface area is 186 Å². The second kappa shape index (κ2) is 13.2. The number of rotatable bonds is 6. The van der Waals surface area contributed by atoms with E-state index in [1.54, 1.807) is 0 Å². The van der Waals surface area contributed by atoms with Crippen molar-refractivity contribution in [3.05, 3.63) is 53.6 Å². The van der Waals surface area contributed by atoms with Gasteiger partial charge >= 0.3 is 0 Å². The number of aromatic nitrogens is 2. The third kappa shape index (κ3) is 10.0. The van der Waals surface area contributed by atoms with E-state index >= 15 is 0 Å². The summed E-state index contributed by atoms with van der Waals surface area (Å²) < 4.78 is 10.4. The SMILES string of the molecule is CC(C)(C)OC=O.Cc1nc(CC2CCNCC2)ncc1OCc1ccccc1.Cl. The molecule has 1 aliphatic heterocycles. The van der Waals surface area contributed by atoms with Gasteiger partial charge in [-0.05, 0) is 65.1 Å². The predicted molar refractivity (Wildman–Crippen MR) is 121 cm³/mol. The number of benzene rings is 1. The zero-order chi connectivity index (χ0) is 21.1. The topological polar surface area (TPSA) is 73.3 Å². The van der Waals surface area contributed by atoms with E-state index in [1.807, 2.05) is 52.1 Å². The lowest BCUT2D eigenvalue weighted by atomic mass is 9.94. The van der Waals surface area contributed by atoms with Crippen LogP contribution in [0.3, 0.4) is 0 Å². The van der Waals surface area contributed by atoms with E-state index in [1.165, 1.54) is 12.8 Å². The van der Waals surface area contributed by atoms with Crippen LogP contribution in [0.1, 0.15) is 50.7 Å². The fourth-order valence-corrected chi connectivity index (χ4v) is 2.97. The summed E-state index contributed by atoms with van der Waals surface area (Å²) in [6, 6.07) is 10.2. The van der Waals surface area contributed by atoms with Crippen LogP contribution < -0.4 is 10.1 Å². The molecule has 0 radical (unpaired) electrons. The van der Waals surface area contributed by atoms with Crippen LogP contribution in [0, 0.1) is 12.8 Å². The number of carbonyl (C=O) groups excluding carboxylic acids is 1. The van der Waals surface area contributed by atoms with Crippen molar-refractivity contribution in [3.8, 4) is 5.75 Å². The number of halogens is 1. The maximum Gasteiger partial charge on any atom is 0.293 e. The van der Waals surface area contributed by atoms with E-state index in [9.17, 15) is 4.79 Å². The van der Waals surface area contributed by atoms with Crippen LogP contribution in [0.5, 0.6) is 5.75 Å². The molecule has 1 aromatic heterocycles. The molecule has 1 fully saturated rings. The number of nitrogens with one attached hydrogen (secondary N) is 1. The van der Waals surface area contributed by atoms with Gasteiger partial charge in [-0.15, -0.1) is 12.4 Å². The van der Waals surface area contributed by atoms with Crippen molar-refractivity contribution in [2.75, 3.05) is 13.1 Å². The maximum atomic E-state index is 9.60. The lowest BCUT2D eigenvalue weighted by Crippen LogP contribution is -2.29. The zero-order valence-electron chi connectivity index (χ0n) is 18.4. The highest BCUT2D eigenvalue weighted by Gasteiger charge is 2.15. The third-order valence-electron chi connectivity index (χ3n) is 4.55. The summed E-state index contributed by atoms with van der Waals surface area (Å²) in [7, 11) is 0. The molecule has 1 aliphatic rings. The van der Waals surface area contributed by atoms with Crippen LogP contribution in [0.25, 0.3) is 0 Å². The summed E-state index contributed by atoms with van der Waals surface area (Å²) in [5.41, 5.74) is 1.76. The number of hydrogen-bond acceptors (Lipinski definition) is 6. The van der Waals surface area contributed by atoms with Crippen LogP contribution in [0.4, 0.5) is 0 Å². The highest BCUT2D eigenvalue weighted by atomic mass is 35.5. The number of piperidine rings is 1. The van der Waals surface area contributed by atoms with Gasteiger partial charge in [-0.1, -0.05) is 30.3 Å². The second-order valence-corrected chi connectivity index (χ2v) is 8.23. The lowest BCUT2D eigenvalue weighted by molar-refractivity contribution is -0.138. The van der Waals surface area contributed by atoms with Crippen molar-refractivity contribution < 1.29 is 14.3 Å². The molecule has 0 saturated carbocycles. The Hall–Kier alpha value is -2.18. The Balaban J connectivity index is 0.000000489. The first-order valence-corrected chi connectivity index (χ1v) is 10.2.